The van der Waals surface area contributed by atoms with Gasteiger partial charge in [-0.25, -0.2) is 0 Å². The van der Waals surface area contributed by atoms with E-state index in [2.05, 4.69) is 37.8 Å². The summed E-state index contributed by atoms with van der Waals surface area (Å²) in [4.78, 5) is 4.43. The number of aryl methyl sites for hydroxylation is 1. The van der Waals surface area contributed by atoms with E-state index in [9.17, 15) is 0 Å². The summed E-state index contributed by atoms with van der Waals surface area (Å²) in [6, 6.07) is 0. The molecule has 1 atom stereocenters. The molecule has 1 unspecified atom stereocenters. The van der Waals surface area contributed by atoms with Gasteiger partial charge >= 0.3 is 0 Å². The molecule has 4 heteroatoms. The fraction of sp³-hybridized carbons (Fsp3) is 0.857. The lowest BCUT2D eigenvalue weighted by atomic mass is 9.88. The molecule has 0 aliphatic heterocycles. The summed E-state index contributed by atoms with van der Waals surface area (Å²) in [6.45, 7) is 9.57. The van der Waals surface area contributed by atoms with E-state index >= 15 is 0 Å². The first-order valence-electron chi connectivity index (χ1n) is 7.04. The Morgan fingerprint density at radius 1 is 1.17 bits per heavy atom. The molecule has 0 amide bonds. The first-order chi connectivity index (χ1) is 8.52. The van der Waals surface area contributed by atoms with Gasteiger partial charge in [0.1, 0.15) is 0 Å². The summed E-state index contributed by atoms with van der Waals surface area (Å²) in [6.07, 6.45) is 3.91. The van der Waals surface area contributed by atoms with Crippen LogP contribution in [-0.2, 0) is 12.8 Å². The van der Waals surface area contributed by atoms with Crippen LogP contribution < -0.4 is 5.73 Å². The molecule has 1 heterocycles. The molecular formula is C14H27N3O. The van der Waals surface area contributed by atoms with Gasteiger partial charge in [-0.05, 0) is 37.1 Å². The van der Waals surface area contributed by atoms with Crippen LogP contribution >= 0.6 is 0 Å². The van der Waals surface area contributed by atoms with E-state index in [1.54, 1.807) is 0 Å². The SMILES string of the molecule is CC(C)Cc1noc(CCC(CCN)C(C)C)n1. The van der Waals surface area contributed by atoms with Gasteiger partial charge in [0.05, 0.1) is 0 Å². The Morgan fingerprint density at radius 2 is 1.89 bits per heavy atom. The highest BCUT2D eigenvalue weighted by atomic mass is 16.5. The van der Waals surface area contributed by atoms with Gasteiger partial charge in [-0.2, -0.15) is 4.98 Å². The third-order valence-electron chi connectivity index (χ3n) is 3.31. The lowest BCUT2D eigenvalue weighted by Crippen LogP contribution is -2.15. The molecule has 1 aromatic heterocycles. The average Bonchev–Trinajstić information content (AvgIpc) is 2.70. The molecule has 0 spiro atoms. The van der Waals surface area contributed by atoms with Gasteiger partial charge in [0.25, 0.3) is 0 Å². The molecule has 0 saturated heterocycles. The minimum absolute atomic E-state index is 0.566. The summed E-state index contributed by atoms with van der Waals surface area (Å²) in [5.41, 5.74) is 5.64. The molecule has 0 aromatic carbocycles. The van der Waals surface area contributed by atoms with Gasteiger partial charge in [0.2, 0.25) is 5.89 Å². The van der Waals surface area contributed by atoms with Crippen LogP contribution in [0, 0.1) is 17.8 Å². The van der Waals surface area contributed by atoms with E-state index in [0.717, 1.165) is 43.9 Å². The molecule has 0 bridgehead atoms. The van der Waals surface area contributed by atoms with E-state index < -0.39 is 0 Å². The van der Waals surface area contributed by atoms with E-state index in [4.69, 9.17) is 10.3 Å². The zero-order valence-corrected chi connectivity index (χ0v) is 12.1. The normalized spacial score (nSPS) is 13.5. The van der Waals surface area contributed by atoms with Crippen LogP contribution in [0.25, 0.3) is 0 Å². The molecule has 0 aliphatic carbocycles. The number of aromatic nitrogens is 2. The fourth-order valence-corrected chi connectivity index (χ4v) is 2.17. The molecule has 18 heavy (non-hydrogen) atoms. The lowest BCUT2D eigenvalue weighted by Gasteiger charge is -2.18. The first-order valence-corrected chi connectivity index (χ1v) is 7.04. The minimum atomic E-state index is 0.566. The fourth-order valence-electron chi connectivity index (χ4n) is 2.17. The monoisotopic (exact) mass is 253 g/mol. The van der Waals surface area contributed by atoms with Crippen molar-refractivity contribution in [1.29, 1.82) is 0 Å². The maximum Gasteiger partial charge on any atom is 0.226 e. The Kier molecular flexibility index (Phi) is 6.33. The molecule has 2 N–H and O–H groups in total. The number of rotatable bonds is 8. The summed E-state index contributed by atoms with van der Waals surface area (Å²) in [7, 11) is 0. The minimum Gasteiger partial charge on any atom is -0.339 e. The van der Waals surface area contributed by atoms with Crippen LogP contribution in [0.4, 0.5) is 0 Å². The van der Waals surface area contributed by atoms with E-state index in [1.165, 1.54) is 0 Å². The van der Waals surface area contributed by atoms with Crippen LogP contribution in [0.2, 0.25) is 0 Å². The van der Waals surface area contributed by atoms with Crippen molar-refractivity contribution in [3.05, 3.63) is 11.7 Å². The van der Waals surface area contributed by atoms with Crippen molar-refractivity contribution in [3.63, 3.8) is 0 Å². The Balaban J connectivity index is 2.44. The second-order valence-electron chi connectivity index (χ2n) is 5.82. The van der Waals surface area contributed by atoms with E-state index in [0.29, 0.717) is 17.8 Å². The van der Waals surface area contributed by atoms with Gasteiger partial charge in [-0.1, -0.05) is 32.9 Å². The standard InChI is InChI=1S/C14H27N3O/c1-10(2)9-13-16-14(18-17-13)6-5-12(7-8-15)11(3)4/h10-12H,5-9,15H2,1-4H3. The summed E-state index contributed by atoms with van der Waals surface area (Å²) in [5, 5.41) is 4.01. The van der Waals surface area contributed by atoms with Crippen LogP contribution in [-0.4, -0.2) is 16.7 Å². The first kappa shape index (κ1) is 15.2. The predicted octanol–water partition coefficient (Wildman–Crippen LogP) is 2.82. The zero-order valence-electron chi connectivity index (χ0n) is 12.1. The predicted molar refractivity (Wildman–Crippen MR) is 73.2 cm³/mol. The van der Waals surface area contributed by atoms with Crippen molar-refractivity contribution in [2.75, 3.05) is 6.54 Å². The van der Waals surface area contributed by atoms with Crippen molar-refractivity contribution in [2.45, 2.75) is 53.4 Å². The van der Waals surface area contributed by atoms with Gasteiger partial charge in [0.15, 0.2) is 5.82 Å². The highest BCUT2D eigenvalue weighted by molar-refractivity contribution is 4.88. The maximum absolute atomic E-state index is 5.64. The van der Waals surface area contributed by atoms with Crippen LogP contribution in [0.15, 0.2) is 4.52 Å². The van der Waals surface area contributed by atoms with Crippen molar-refractivity contribution in [1.82, 2.24) is 10.1 Å². The highest BCUT2D eigenvalue weighted by Crippen LogP contribution is 2.20. The number of hydrogen-bond acceptors (Lipinski definition) is 4. The second kappa shape index (κ2) is 7.52. The van der Waals surface area contributed by atoms with E-state index in [-0.39, 0.29) is 0 Å². The number of hydrogen-bond donors (Lipinski definition) is 1. The molecule has 0 saturated carbocycles. The van der Waals surface area contributed by atoms with Crippen molar-refractivity contribution in [2.24, 2.45) is 23.5 Å². The molecule has 1 aromatic rings. The molecule has 0 aliphatic rings. The van der Waals surface area contributed by atoms with Crippen molar-refractivity contribution >= 4 is 0 Å². The number of nitrogens with two attached hydrogens (primary N) is 1. The second-order valence-corrected chi connectivity index (χ2v) is 5.82. The molecule has 0 fully saturated rings. The van der Waals surface area contributed by atoms with Crippen molar-refractivity contribution < 1.29 is 4.52 Å². The summed E-state index contributed by atoms with van der Waals surface area (Å²) >= 11 is 0. The van der Waals surface area contributed by atoms with Gasteiger partial charge < -0.3 is 10.3 Å². The third-order valence-corrected chi connectivity index (χ3v) is 3.31. The quantitative estimate of drug-likeness (QED) is 0.773. The van der Waals surface area contributed by atoms with Crippen LogP contribution in [0.1, 0.15) is 52.3 Å². The molecule has 104 valence electrons. The summed E-state index contributed by atoms with van der Waals surface area (Å²) in [5.74, 6) is 3.48. The van der Waals surface area contributed by atoms with Gasteiger partial charge in [-0.15, -0.1) is 0 Å². The lowest BCUT2D eigenvalue weighted by molar-refractivity contribution is 0.312. The Labute approximate surface area is 110 Å². The average molecular weight is 253 g/mol. The highest BCUT2D eigenvalue weighted by Gasteiger charge is 2.15. The summed E-state index contributed by atoms with van der Waals surface area (Å²) < 4.78 is 5.28. The zero-order chi connectivity index (χ0) is 13.5. The van der Waals surface area contributed by atoms with Gasteiger partial charge in [-0.3, -0.25) is 0 Å². The Bertz CT molecular complexity index is 334. The Morgan fingerprint density at radius 3 is 2.44 bits per heavy atom. The third kappa shape index (κ3) is 5.17. The van der Waals surface area contributed by atoms with Crippen LogP contribution in [0.5, 0.6) is 0 Å². The maximum atomic E-state index is 5.64. The van der Waals surface area contributed by atoms with E-state index in [1.807, 2.05) is 0 Å². The number of nitrogens with zero attached hydrogens (tertiary/aromatic N) is 2. The Hall–Kier alpha value is -0.900. The van der Waals surface area contributed by atoms with Crippen LogP contribution in [0.3, 0.4) is 0 Å². The van der Waals surface area contributed by atoms with Gasteiger partial charge in [0, 0.05) is 12.8 Å². The molecular weight excluding hydrogens is 226 g/mol. The molecule has 1 rings (SSSR count). The topological polar surface area (TPSA) is 64.9 Å². The smallest absolute Gasteiger partial charge is 0.226 e. The van der Waals surface area contributed by atoms with Crippen molar-refractivity contribution in [3.8, 4) is 0 Å². The molecule has 0 radical (unpaired) electrons. The largest absolute Gasteiger partial charge is 0.339 e. The molecule has 4 nitrogen and oxygen atoms in total.